The van der Waals surface area contributed by atoms with Crippen molar-refractivity contribution in [3.63, 3.8) is 0 Å². The maximum absolute atomic E-state index is 11.1. The molecule has 5 rings (SSSR count). The second-order valence-electron chi connectivity index (χ2n) is 7.89. The number of hydrogen-bond acceptors (Lipinski definition) is 7. The predicted octanol–water partition coefficient (Wildman–Crippen LogP) is 2.08. The number of tetrazole rings is 1. The van der Waals surface area contributed by atoms with E-state index in [9.17, 15) is 5.11 Å². The monoisotopic (exact) mass is 402 g/mol. The number of pyridine rings is 1. The maximum Gasteiger partial charge on any atom is 0.164 e. The van der Waals surface area contributed by atoms with Crippen molar-refractivity contribution in [1.29, 1.82) is 0 Å². The van der Waals surface area contributed by atoms with E-state index in [0.29, 0.717) is 17.2 Å². The molecule has 0 unspecified atom stereocenters. The highest BCUT2D eigenvalue weighted by Crippen LogP contribution is 2.59. The van der Waals surface area contributed by atoms with Crippen molar-refractivity contribution in [3.05, 3.63) is 23.4 Å². The van der Waals surface area contributed by atoms with E-state index in [4.69, 9.17) is 11.6 Å². The normalized spacial score (nSPS) is 29.5. The highest BCUT2D eigenvalue weighted by Gasteiger charge is 2.59. The molecule has 0 bridgehead atoms. The molecule has 2 aliphatic rings. The number of fused-ring (bicyclic) bond motifs is 2. The number of aliphatic hydroxyl groups is 1. The van der Waals surface area contributed by atoms with E-state index >= 15 is 0 Å². The van der Waals surface area contributed by atoms with Crippen molar-refractivity contribution in [3.8, 4) is 0 Å². The maximum atomic E-state index is 11.1. The molecule has 9 nitrogen and oxygen atoms in total. The summed E-state index contributed by atoms with van der Waals surface area (Å²) in [6.45, 7) is 2.79. The average molecular weight is 403 g/mol. The van der Waals surface area contributed by atoms with Crippen LogP contribution in [-0.2, 0) is 12.5 Å². The minimum atomic E-state index is -0.525. The molecule has 4 atom stereocenters. The van der Waals surface area contributed by atoms with Gasteiger partial charge in [0, 0.05) is 25.1 Å². The van der Waals surface area contributed by atoms with Crippen LogP contribution >= 0.6 is 11.6 Å². The Morgan fingerprint density at radius 3 is 3.04 bits per heavy atom. The molecule has 3 aromatic rings. The molecule has 2 N–H and O–H groups in total. The minimum absolute atomic E-state index is 0.135. The number of hydrogen-bond donors (Lipinski definition) is 2. The van der Waals surface area contributed by atoms with Gasteiger partial charge < -0.3 is 15.0 Å². The van der Waals surface area contributed by atoms with Crippen molar-refractivity contribution in [2.75, 3.05) is 11.9 Å². The number of nitrogens with one attached hydrogen (secondary N) is 1. The largest absolute Gasteiger partial charge is 0.391 e. The quantitative estimate of drug-likeness (QED) is 0.643. The molecule has 0 amide bonds. The van der Waals surface area contributed by atoms with Crippen LogP contribution in [0.3, 0.4) is 0 Å². The molecule has 3 heterocycles. The van der Waals surface area contributed by atoms with Crippen molar-refractivity contribution in [2.24, 2.45) is 13.0 Å². The van der Waals surface area contributed by atoms with Crippen LogP contribution in [0.4, 0.5) is 5.69 Å². The summed E-state index contributed by atoms with van der Waals surface area (Å²) in [6, 6.07) is 1.66. The first-order valence-corrected chi connectivity index (χ1v) is 10.1. The smallest absolute Gasteiger partial charge is 0.164 e. The Bertz CT molecular complexity index is 1030. The molecule has 2 fully saturated rings. The van der Waals surface area contributed by atoms with E-state index in [2.05, 4.69) is 30.8 Å². The van der Waals surface area contributed by atoms with Crippen LogP contribution in [0.2, 0.25) is 5.15 Å². The zero-order chi connectivity index (χ0) is 19.5. The number of aromatic nitrogens is 7. The third kappa shape index (κ3) is 2.39. The van der Waals surface area contributed by atoms with Crippen LogP contribution in [0.25, 0.3) is 11.2 Å². The second-order valence-corrected chi connectivity index (χ2v) is 8.28. The standard InChI is InChI=1S/C18H23ClN8O/c1-3-20-11-7-13(19)22-16-14(11)21-9-27(16)15-10-5-4-6-18(10,8-12(15)28)17-23-24-25-26(17)2/h7,9-10,12,15,28H,3-6,8H2,1-2H3,(H,20,22)/t10-,12-,15-,18-/m1/s1. The highest BCUT2D eigenvalue weighted by atomic mass is 35.5. The Morgan fingerprint density at radius 2 is 2.29 bits per heavy atom. The van der Waals surface area contributed by atoms with Gasteiger partial charge in [-0.15, -0.1) is 5.10 Å². The van der Waals surface area contributed by atoms with E-state index in [1.54, 1.807) is 17.1 Å². The third-order valence-electron chi connectivity index (χ3n) is 6.48. The van der Waals surface area contributed by atoms with Crippen molar-refractivity contribution < 1.29 is 5.11 Å². The van der Waals surface area contributed by atoms with Gasteiger partial charge in [-0.3, -0.25) is 0 Å². The summed E-state index contributed by atoms with van der Waals surface area (Å²) in [5, 5.41) is 27.0. The number of nitrogens with zero attached hydrogens (tertiary/aromatic N) is 7. The molecular formula is C18H23ClN8O. The van der Waals surface area contributed by atoms with Crippen LogP contribution in [0, 0.1) is 5.92 Å². The van der Waals surface area contributed by atoms with Crippen molar-refractivity contribution in [1.82, 2.24) is 34.7 Å². The van der Waals surface area contributed by atoms with Crippen LogP contribution in [0.1, 0.15) is 44.5 Å². The predicted molar refractivity (Wildman–Crippen MR) is 104 cm³/mol. The van der Waals surface area contributed by atoms with Crippen LogP contribution in [0.5, 0.6) is 0 Å². The van der Waals surface area contributed by atoms with Gasteiger partial charge in [-0.05, 0) is 42.5 Å². The van der Waals surface area contributed by atoms with Gasteiger partial charge in [-0.25, -0.2) is 14.6 Å². The SMILES string of the molecule is CCNc1cc(Cl)nc2c1ncn2[C@H]1[C@H](O)C[C@]2(c3nnnn3C)CCC[C@H]12. The van der Waals surface area contributed by atoms with E-state index < -0.39 is 6.10 Å². The van der Waals surface area contributed by atoms with Gasteiger partial charge in [0.15, 0.2) is 11.5 Å². The van der Waals surface area contributed by atoms with Gasteiger partial charge in [0.25, 0.3) is 0 Å². The summed E-state index contributed by atoms with van der Waals surface area (Å²) in [4.78, 5) is 9.14. The van der Waals surface area contributed by atoms with Gasteiger partial charge in [0.05, 0.1) is 24.2 Å². The molecule has 2 saturated carbocycles. The van der Waals surface area contributed by atoms with Crippen LogP contribution < -0.4 is 5.32 Å². The fourth-order valence-electron chi connectivity index (χ4n) is 5.53. The molecule has 0 aromatic carbocycles. The van der Waals surface area contributed by atoms with Gasteiger partial charge >= 0.3 is 0 Å². The number of imidazole rings is 1. The number of anilines is 1. The van der Waals surface area contributed by atoms with Gasteiger partial charge in [0.2, 0.25) is 0 Å². The summed E-state index contributed by atoms with van der Waals surface area (Å²) in [5.41, 5.74) is 2.11. The summed E-state index contributed by atoms with van der Waals surface area (Å²) in [7, 11) is 1.87. The van der Waals surface area contributed by atoms with Crippen LogP contribution in [-0.4, -0.2) is 52.5 Å². The van der Waals surface area contributed by atoms with Crippen LogP contribution in [0.15, 0.2) is 12.4 Å². The Balaban J connectivity index is 1.63. The Kier molecular flexibility index (Phi) is 4.06. The van der Waals surface area contributed by atoms with E-state index in [1.165, 1.54) is 0 Å². The van der Waals surface area contributed by atoms with Gasteiger partial charge in [0.1, 0.15) is 10.7 Å². The van der Waals surface area contributed by atoms with Gasteiger partial charge in [-0.1, -0.05) is 18.0 Å². The lowest BCUT2D eigenvalue weighted by Crippen LogP contribution is -2.32. The first-order chi connectivity index (χ1) is 13.5. The second kappa shape index (κ2) is 6.38. The first kappa shape index (κ1) is 17.8. The lowest BCUT2D eigenvalue weighted by molar-refractivity contribution is 0.121. The van der Waals surface area contributed by atoms with Crippen molar-refractivity contribution >= 4 is 28.5 Å². The molecule has 3 aromatic heterocycles. The zero-order valence-electron chi connectivity index (χ0n) is 15.9. The average Bonchev–Trinajstić information content (AvgIpc) is 3.39. The molecule has 0 radical (unpaired) electrons. The van der Waals surface area contributed by atoms with E-state index in [-0.39, 0.29) is 17.4 Å². The fourth-order valence-corrected chi connectivity index (χ4v) is 5.72. The molecule has 28 heavy (non-hydrogen) atoms. The number of aryl methyl sites for hydroxylation is 1. The van der Waals surface area contributed by atoms with Crippen molar-refractivity contribution in [2.45, 2.75) is 50.2 Å². The third-order valence-corrected chi connectivity index (χ3v) is 6.67. The topological polar surface area (TPSA) is 107 Å². The Hall–Kier alpha value is -2.26. The Morgan fingerprint density at radius 1 is 1.43 bits per heavy atom. The fraction of sp³-hybridized carbons (Fsp3) is 0.611. The molecule has 0 spiro atoms. The molecule has 2 aliphatic carbocycles. The summed E-state index contributed by atoms with van der Waals surface area (Å²) >= 11 is 6.29. The minimum Gasteiger partial charge on any atom is -0.391 e. The molecular weight excluding hydrogens is 380 g/mol. The summed E-state index contributed by atoms with van der Waals surface area (Å²) < 4.78 is 3.76. The Labute approximate surface area is 167 Å². The molecule has 0 aliphatic heterocycles. The number of halogens is 1. The summed E-state index contributed by atoms with van der Waals surface area (Å²) in [6.07, 6.45) is 4.97. The number of aliphatic hydroxyl groups excluding tert-OH is 1. The van der Waals surface area contributed by atoms with E-state index in [1.807, 2.05) is 18.5 Å². The van der Waals surface area contributed by atoms with E-state index in [0.717, 1.165) is 42.8 Å². The lowest BCUT2D eigenvalue weighted by Gasteiger charge is -2.29. The zero-order valence-corrected chi connectivity index (χ0v) is 16.6. The first-order valence-electron chi connectivity index (χ1n) is 9.73. The highest BCUT2D eigenvalue weighted by molar-refractivity contribution is 6.30. The molecule has 0 saturated heterocycles. The molecule has 148 valence electrons. The molecule has 10 heteroatoms. The number of rotatable bonds is 4. The lowest BCUT2D eigenvalue weighted by atomic mass is 9.78. The summed E-state index contributed by atoms with van der Waals surface area (Å²) in [5.74, 6) is 1.08. The van der Waals surface area contributed by atoms with Gasteiger partial charge in [-0.2, -0.15) is 0 Å².